The van der Waals surface area contributed by atoms with Crippen molar-refractivity contribution >= 4 is 22.6 Å². The van der Waals surface area contributed by atoms with Gasteiger partial charge in [-0.2, -0.15) is 0 Å². The maximum absolute atomic E-state index is 2.54. The maximum atomic E-state index is 2.54. The zero-order valence-corrected chi connectivity index (χ0v) is 33.7. The van der Waals surface area contributed by atoms with Gasteiger partial charge in [0, 0.05) is 27.9 Å². The lowest BCUT2D eigenvalue weighted by atomic mass is 9.70. The first-order chi connectivity index (χ1) is 27.7. The lowest BCUT2D eigenvalue weighted by molar-refractivity contribution is 0.657. The Morgan fingerprint density at radius 3 is 1.30 bits per heavy atom. The van der Waals surface area contributed by atoms with E-state index < -0.39 is 5.41 Å². The highest BCUT2D eigenvalue weighted by atomic mass is 15.1. The Morgan fingerprint density at radius 2 is 0.807 bits per heavy atom. The number of fused-ring (bicyclic) bond motifs is 14. The molecule has 276 valence electrons. The predicted molar refractivity (Wildman–Crippen MR) is 240 cm³/mol. The van der Waals surface area contributed by atoms with Crippen molar-refractivity contribution in [3.8, 4) is 33.4 Å². The van der Waals surface area contributed by atoms with Gasteiger partial charge in [-0.25, -0.2) is 0 Å². The Balaban J connectivity index is 1.18. The van der Waals surface area contributed by atoms with Gasteiger partial charge in [0.25, 0.3) is 0 Å². The predicted octanol–water partition coefficient (Wildman–Crippen LogP) is 14.8. The highest BCUT2D eigenvalue weighted by molar-refractivity contribution is 5.97. The third-order valence-corrected chi connectivity index (χ3v) is 13.9. The van der Waals surface area contributed by atoms with Gasteiger partial charge >= 0.3 is 0 Å². The van der Waals surface area contributed by atoms with Crippen molar-refractivity contribution in [2.24, 2.45) is 0 Å². The summed E-state index contributed by atoms with van der Waals surface area (Å²) in [6, 6.07) is 58.0. The lowest BCUT2D eigenvalue weighted by Crippen LogP contribution is -2.26. The molecule has 0 N–H and O–H groups in total. The molecule has 0 saturated heterocycles. The van der Waals surface area contributed by atoms with E-state index in [2.05, 4.69) is 210 Å². The van der Waals surface area contributed by atoms with Crippen LogP contribution in [-0.2, 0) is 16.2 Å². The first-order valence-electron chi connectivity index (χ1n) is 20.7. The van der Waals surface area contributed by atoms with Crippen LogP contribution in [0.5, 0.6) is 0 Å². The Bertz CT molecular complexity index is 2850. The average Bonchev–Trinajstić information content (AvgIpc) is 3.86. The van der Waals surface area contributed by atoms with Crippen molar-refractivity contribution in [1.82, 2.24) is 0 Å². The smallest absolute Gasteiger partial charge is 0.0726 e. The van der Waals surface area contributed by atoms with Crippen LogP contribution in [0.2, 0.25) is 0 Å². The second-order valence-electron chi connectivity index (χ2n) is 17.4. The molecule has 0 fully saturated rings. The lowest BCUT2D eigenvalue weighted by Gasteiger charge is -2.33. The number of hydrogen-bond acceptors (Lipinski definition) is 1. The Labute approximate surface area is 337 Å². The second kappa shape index (κ2) is 11.9. The van der Waals surface area contributed by atoms with Crippen molar-refractivity contribution < 1.29 is 0 Å². The zero-order chi connectivity index (χ0) is 38.8. The van der Waals surface area contributed by atoms with Crippen LogP contribution in [0.3, 0.4) is 0 Å². The molecule has 0 aliphatic heterocycles. The van der Waals surface area contributed by atoms with E-state index in [9.17, 15) is 0 Å². The summed E-state index contributed by atoms with van der Waals surface area (Å²) in [5, 5.41) is 0. The summed E-state index contributed by atoms with van der Waals surface area (Å²) < 4.78 is 0. The minimum Gasteiger partial charge on any atom is -0.310 e. The topological polar surface area (TPSA) is 3.24 Å². The number of allylic oxidation sites excluding steroid dienone is 4. The standard InChI is InChI=1S/C56H47N/c1-7-17-46-38(8-2)43-29-26-35(32-51(43)54(46,3)4)57(36-27-30-44-39-18-9-13-22-47(39)55(5,6)52(44)33-36)37-28-31-45-42-21-12-16-25-50(42)56(53(45)34-37)48-23-14-10-19-40(48)41-20-11-15-24-49(41)56/h8-34H,7H2,1-6H3/b38-8-,46-17+. The number of benzene rings is 7. The summed E-state index contributed by atoms with van der Waals surface area (Å²) >= 11 is 0. The molecule has 1 heteroatoms. The van der Waals surface area contributed by atoms with E-state index in [0.717, 1.165) is 6.42 Å². The highest BCUT2D eigenvalue weighted by Crippen LogP contribution is 2.63. The molecule has 0 amide bonds. The van der Waals surface area contributed by atoms with Gasteiger partial charge < -0.3 is 4.90 Å². The van der Waals surface area contributed by atoms with Crippen LogP contribution in [0.25, 0.3) is 39.0 Å². The molecule has 0 radical (unpaired) electrons. The normalized spacial score (nSPS) is 17.9. The Kier molecular flexibility index (Phi) is 7.13. The monoisotopic (exact) mass is 733 g/mol. The van der Waals surface area contributed by atoms with E-state index in [0.29, 0.717) is 0 Å². The fourth-order valence-corrected chi connectivity index (χ4v) is 11.4. The summed E-state index contributed by atoms with van der Waals surface area (Å²) in [6.07, 6.45) is 5.76. The zero-order valence-electron chi connectivity index (χ0n) is 33.7. The van der Waals surface area contributed by atoms with Crippen LogP contribution in [0.4, 0.5) is 17.1 Å². The SMILES string of the molecule is C/C=C1\C(=C/CC)C(C)(C)c2cc(N(c3ccc4c(c3)C(C)(C)c3ccccc3-4)c3ccc4c(c3)C3(c5ccccc5-c5ccccc53)c3ccccc3-4)ccc21. The molecule has 1 nitrogen and oxygen atoms in total. The highest BCUT2D eigenvalue weighted by Gasteiger charge is 2.51. The summed E-state index contributed by atoms with van der Waals surface area (Å²) in [5.41, 5.74) is 24.6. The van der Waals surface area contributed by atoms with Gasteiger partial charge in [0.05, 0.1) is 5.41 Å². The van der Waals surface area contributed by atoms with Crippen molar-refractivity contribution in [2.75, 3.05) is 4.90 Å². The van der Waals surface area contributed by atoms with Crippen LogP contribution < -0.4 is 4.90 Å². The molecule has 11 rings (SSSR count). The van der Waals surface area contributed by atoms with Gasteiger partial charge in [0.15, 0.2) is 0 Å². The second-order valence-corrected chi connectivity index (χ2v) is 17.4. The fourth-order valence-electron chi connectivity index (χ4n) is 11.4. The van der Waals surface area contributed by atoms with Gasteiger partial charge in [-0.05, 0) is 139 Å². The maximum Gasteiger partial charge on any atom is 0.0726 e. The van der Waals surface area contributed by atoms with E-state index in [1.807, 2.05) is 0 Å². The van der Waals surface area contributed by atoms with Gasteiger partial charge in [-0.3, -0.25) is 0 Å². The first-order valence-corrected chi connectivity index (χ1v) is 20.7. The van der Waals surface area contributed by atoms with Gasteiger partial charge in [-0.1, -0.05) is 162 Å². The van der Waals surface area contributed by atoms with Crippen LogP contribution in [0.15, 0.2) is 169 Å². The van der Waals surface area contributed by atoms with E-state index in [4.69, 9.17) is 0 Å². The van der Waals surface area contributed by atoms with Crippen molar-refractivity contribution in [2.45, 2.75) is 64.2 Å². The van der Waals surface area contributed by atoms with Gasteiger partial charge in [0.1, 0.15) is 0 Å². The summed E-state index contributed by atoms with van der Waals surface area (Å²) in [7, 11) is 0. The van der Waals surface area contributed by atoms with E-state index >= 15 is 0 Å². The Morgan fingerprint density at radius 1 is 0.421 bits per heavy atom. The third kappa shape index (κ3) is 4.35. The van der Waals surface area contributed by atoms with Crippen LogP contribution in [0.1, 0.15) is 92.5 Å². The van der Waals surface area contributed by atoms with Crippen LogP contribution in [-0.4, -0.2) is 0 Å². The minimum atomic E-state index is -0.414. The molecule has 0 aromatic heterocycles. The van der Waals surface area contributed by atoms with E-state index in [1.54, 1.807) is 0 Å². The van der Waals surface area contributed by atoms with Crippen molar-refractivity contribution in [3.05, 3.63) is 214 Å². The minimum absolute atomic E-state index is 0.114. The number of anilines is 3. The quantitative estimate of drug-likeness (QED) is 0.174. The van der Waals surface area contributed by atoms with Gasteiger partial charge in [0.2, 0.25) is 0 Å². The molecule has 57 heavy (non-hydrogen) atoms. The van der Waals surface area contributed by atoms with E-state index in [-0.39, 0.29) is 10.8 Å². The summed E-state index contributed by atoms with van der Waals surface area (Å²) in [5.74, 6) is 0. The molecule has 0 bridgehead atoms. The molecular formula is C56H47N. The van der Waals surface area contributed by atoms with E-state index in [1.165, 1.54) is 106 Å². The molecular weight excluding hydrogens is 687 g/mol. The van der Waals surface area contributed by atoms with Crippen molar-refractivity contribution in [1.29, 1.82) is 0 Å². The molecule has 7 aromatic rings. The van der Waals surface area contributed by atoms with Crippen LogP contribution >= 0.6 is 0 Å². The third-order valence-electron chi connectivity index (χ3n) is 13.9. The molecule has 1 spiro atoms. The van der Waals surface area contributed by atoms with Crippen molar-refractivity contribution in [3.63, 3.8) is 0 Å². The average molecular weight is 734 g/mol. The molecule has 0 unspecified atom stereocenters. The molecule has 4 aliphatic carbocycles. The number of nitrogens with zero attached hydrogens (tertiary/aromatic N) is 1. The number of hydrogen-bond donors (Lipinski definition) is 0. The molecule has 4 aliphatic rings. The fraction of sp³-hybridized carbons (Fsp3) is 0.179. The Hall–Kier alpha value is -6.18. The molecule has 0 heterocycles. The summed E-state index contributed by atoms with van der Waals surface area (Å²) in [4.78, 5) is 2.54. The molecule has 0 atom stereocenters. The van der Waals surface area contributed by atoms with Gasteiger partial charge in [-0.15, -0.1) is 0 Å². The first kappa shape index (κ1) is 34.1. The molecule has 7 aromatic carbocycles. The molecule has 0 saturated carbocycles. The van der Waals surface area contributed by atoms with Crippen LogP contribution in [0, 0.1) is 0 Å². The summed E-state index contributed by atoms with van der Waals surface area (Å²) in [6.45, 7) is 14.0. The number of rotatable bonds is 4. The largest absolute Gasteiger partial charge is 0.310 e.